The second-order valence-corrected chi connectivity index (χ2v) is 9.78. The van der Waals surface area contributed by atoms with Crippen LogP contribution < -0.4 is 5.32 Å². The van der Waals surface area contributed by atoms with Gasteiger partial charge in [0.25, 0.3) is 5.91 Å². The van der Waals surface area contributed by atoms with Crippen LogP contribution >= 0.6 is 11.6 Å². The lowest BCUT2D eigenvalue weighted by molar-refractivity contribution is 0.0925. The van der Waals surface area contributed by atoms with Crippen LogP contribution in [0.15, 0.2) is 47.4 Å². The quantitative estimate of drug-likeness (QED) is 0.724. The number of nitrogens with zero attached hydrogens (tertiary/aromatic N) is 1. The number of hydrogen-bond donors (Lipinski definition) is 1. The van der Waals surface area contributed by atoms with Crippen LogP contribution in [0.2, 0.25) is 5.02 Å². The molecule has 2 rings (SSSR count). The Hall–Kier alpha value is -1.89. The minimum absolute atomic E-state index is 0.0282. The summed E-state index contributed by atoms with van der Waals surface area (Å²) in [7, 11) is -0.774. The zero-order chi connectivity index (χ0) is 21.1. The molecule has 1 atom stereocenters. The Morgan fingerprint density at radius 3 is 2.21 bits per heavy atom. The molecule has 0 aliphatic rings. The third-order valence-electron chi connectivity index (χ3n) is 4.66. The first-order valence-electron chi connectivity index (χ1n) is 9.19. The van der Waals surface area contributed by atoms with Gasteiger partial charge in [-0.25, -0.2) is 12.7 Å². The molecule has 0 heterocycles. The van der Waals surface area contributed by atoms with Crippen molar-refractivity contribution in [1.29, 1.82) is 0 Å². The number of nitrogens with one attached hydrogen (secondary N) is 1. The van der Waals surface area contributed by atoms with Crippen LogP contribution in [0.25, 0.3) is 0 Å². The summed E-state index contributed by atoms with van der Waals surface area (Å²) in [6.07, 6.45) is 0.946. The van der Waals surface area contributed by atoms with Crippen LogP contribution in [0.4, 0.5) is 0 Å². The standard InChI is InChI=1S/C21H27ClN2O3S/c1-6-15-7-9-16(10-8-15)20(14(2)3)23-21(25)18-13-17(11-12-19(18)22)28(26,27)24(4)5/h7-14,20H,6H2,1-5H3,(H,23,25). The van der Waals surface area contributed by atoms with Gasteiger partial charge in [-0.05, 0) is 41.7 Å². The minimum atomic E-state index is -3.66. The molecule has 0 aromatic heterocycles. The van der Waals surface area contributed by atoms with Gasteiger partial charge in [-0.15, -0.1) is 0 Å². The number of aryl methyl sites for hydroxylation is 1. The third kappa shape index (κ3) is 4.93. The normalized spacial score (nSPS) is 13.0. The summed E-state index contributed by atoms with van der Waals surface area (Å²) in [6.45, 7) is 6.13. The molecule has 0 radical (unpaired) electrons. The topological polar surface area (TPSA) is 66.5 Å². The van der Waals surface area contributed by atoms with Crippen molar-refractivity contribution in [2.75, 3.05) is 14.1 Å². The Morgan fingerprint density at radius 1 is 1.11 bits per heavy atom. The first kappa shape index (κ1) is 22.4. The summed E-state index contributed by atoms with van der Waals surface area (Å²) in [6, 6.07) is 12.1. The number of carbonyl (C=O) groups is 1. The minimum Gasteiger partial charge on any atom is -0.345 e. The lowest BCUT2D eigenvalue weighted by atomic mass is 9.94. The third-order valence-corrected chi connectivity index (χ3v) is 6.80. The van der Waals surface area contributed by atoms with Gasteiger partial charge in [0.15, 0.2) is 0 Å². The molecule has 0 fully saturated rings. The van der Waals surface area contributed by atoms with E-state index in [0.29, 0.717) is 0 Å². The number of benzene rings is 2. The van der Waals surface area contributed by atoms with E-state index in [0.717, 1.165) is 16.3 Å². The van der Waals surface area contributed by atoms with Crippen molar-refractivity contribution in [2.24, 2.45) is 5.92 Å². The molecule has 1 amide bonds. The van der Waals surface area contributed by atoms with E-state index < -0.39 is 15.9 Å². The number of carbonyl (C=O) groups excluding carboxylic acids is 1. The molecule has 0 aliphatic carbocycles. The molecule has 0 saturated carbocycles. The highest BCUT2D eigenvalue weighted by Gasteiger charge is 2.24. The van der Waals surface area contributed by atoms with Crippen LogP contribution in [-0.2, 0) is 16.4 Å². The van der Waals surface area contributed by atoms with Gasteiger partial charge >= 0.3 is 0 Å². The van der Waals surface area contributed by atoms with Crippen molar-refractivity contribution in [2.45, 2.75) is 38.1 Å². The number of rotatable bonds is 7. The molecule has 0 bridgehead atoms. The average molecular weight is 423 g/mol. The molecule has 1 unspecified atom stereocenters. The van der Waals surface area contributed by atoms with Crippen molar-refractivity contribution in [3.8, 4) is 0 Å². The van der Waals surface area contributed by atoms with Crippen molar-refractivity contribution >= 4 is 27.5 Å². The van der Waals surface area contributed by atoms with E-state index in [2.05, 4.69) is 12.2 Å². The van der Waals surface area contributed by atoms with Gasteiger partial charge in [-0.3, -0.25) is 4.79 Å². The van der Waals surface area contributed by atoms with E-state index in [-0.39, 0.29) is 27.4 Å². The average Bonchev–Trinajstić information content (AvgIpc) is 2.65. The van der Waals surface area contributed by atoms with E-state index in [1.807, 2.05) is 38.1 Å². The molecule has 152 valence electrons. The molecule has 28 heavy (non-hydrogen) atoms. The first-order chi connectivity index (χ1) is 13.1. The maximum absolute atomic E-state index is 12.9. The molecule has 5 nitrogen and oxygen atoms in total. The lowest BCUT2D eigenvalue weighted by Crippen LogP contribution is -2.32. The maximum Gasteiger partial charge on any atom is 0.253 e. The number of halogens is 1. The number of amides is 1. The van der Waals surface area contributed by atoms with E-state index in [4.69, 9.17) is 11.6 Å². The van der Waals surface area contributed by atoms with Gasteiger partial charge in [0, 0.05) is 14.1 Å². The Balaban J connectivity index is 2.35. The van der Waals surface area contributed by atoms with Gasteiger partial charge in [-0.1, -0.05) is 56.6 Å². The Kier molecular flexibility index (Phi) is 7.26. The van der Waals surface area contributed by atoms with Crippen LogP contribution in [0, 0.1) is 5.92 Å². The number of sulfonamides is 1. The molecule has 2 aromatic carbocycles. The van der Waals surface area contributed by atoms with Gasteiger partial charge in [0.05, 0.1) is 21.5 Å². The Labute approximate surface area is 172 Å². The zero-order valence-corrected chi connectivity index (χ0v) is 18.4. The van der Waals surface area contributed by atoms with Gasteiger partial charge in [0.2, 0.25) is 10.0 Å². The first-order valence-corrected chi connectivity index (χ1v) is 11.0. The summed E-state index contributed by atoms with van der Waals surface area (Å²) in [5.74, 6) is -0.261. The summed E-state index contributed by atoms with van der Waals surface area (Å²) in [5, 5.41) is 3.21. The highest BCUT2D eigenvalue weighted by Crippen LogP contribution is 2.26. The van der Waals surface area contributed by atoms with Gasteiger partial charge < -0.3 is 5.32 Å². The second-order valence-electron chi connectivity index (χ2n) is 7.22. The van der Waals surface area contributed by atoms with Crippen molar-refractivity contribution in [3.63, 3.8) is 0 Å². The summed E-state index contributed by atoms with van der Waals surface area (Å²) in [5.41, 5.74) is 2.36. The van der Waals surface area contributed by atoms with Crippen LogP contribution in [0.1, 0.15) is 48.3 Å². The SMILES string of the molecule is CCc1ccc(C(NC(=O)c2cc(S(=O)(=O)N(C)C)ccc2Cl)C(C)C)cc1. The molecular weight excluding hydrogens is 396 g/mol. The van der Waals surface area contributed by atoms with Crippen LogP contribution in [0.3, 0.4) is 0 Å². The summed E-state index contributed by atoms with van der Waals surface area (Å²) in [4.78, 5) is 13.0. The molecular formula is C21H27ClN2O3S. The van der Waals surface area contributed by atoms with Crippen LogP contribution in [-0.4, -0.2) is 32.7 Å². The highest BCUT2D eigenvalue weighted by molar-refractivity contribution is 7.89. The van der Waals surface area contributed by atoms with Crippen LogP contribution in [0.5, 0.6) is 0 Å². The largest absolute Gasteiger partial charge is 0.345 e. The fourth-order valence-electron chi connectivity index (χ4n) is 2.86. The lowest BCUT2D eigenvalue weighted by Gasteiger charge is -2.24. The molecule has 0 spiro atoms. The molecule has 1 N–H and O–H groups in total. The fraction of sp³-hybridized carbons (Fsp3) is 0.381. The van der Waals surface area contributed by atoms with E-state index in [1.165, 1.54) is 37.9 Å². The van der Waals surface area contributed by atoms with Crippen molar-refractivity contribution in [1.82, 2.24) is 9.62 Å². The number of hydrogen-bond acceptors (Lipinski definition) is 3. The predicted octanol–water partition coefficient (Wildman–Crippen LogP) is 4.28. The summed E-state index contributed by atoms with van der Waals surface area (Å²) < 4.78 is 25.9. The van der Waals surface area contributed by atoms with E-state index in [9.17, 15) is 13.2 Å². The van der Waals surface area contributed by atoms with Crippen molar-refractivity contribution < 1.29 is 13.2 Å². The van der Waals surface area contributed by atoms with E-state index in [1.54, 1.807) is 0 Å². The summed E-state index contributed by atoms with van der Waals surface area (Å²) >= 11 is 6.20. The van der Waals surface area contributed by atoms with Crippen molar-refractivity contribution in [3.05, 3.63) is 64.2 Å². The molecule has 7 heteroatoms. The highest BCUT2D eigenvalue weighted by atomic mass is 35.5. The van der Waals surface area contributed by atoms with E-state index >= 15 is 0 Å². The molecule has 2 aromatic rings. The second kappa shape index (κ2) is 9.07. The zero-order valence-electron chi connectivity index (χ0n) is 16.9. The van der Waals surface area contributed by atoms with Gasteiger partial charge in [-0.2, -0.15) is 0 Å². The monoisotopic (exact) mass is 422 g/mol. The maximum atomic E-state index is 12.9. The van der Waals surface area contributed by atoms with Gasteiger partial charge in [0.1, 0.15) is 0 Å². The smallest absolute Gasteiger partial charge is 0.253 e. The Bertz CT molecular complexity index is 939. The fourth-order valence-corrected chi connectivity index (χ4v) is 4.00. The Morgan fingerprint density at radius 2 is 1.71 bits per heavy atom. The molecule has 0 saturated heterocycles. The molecule has 0 aliphatic heterocycles. The predicted molar refractivity (Wildman–Crippen MR) is 113 cm³/mol.